The first-order chi connectivity index (χ1) is 10.1. The van der Waals surface area contributed by atoms with Gasteiger partial charge in [0.15, 0.2) is 0 Å². The predicted molar refractivity (Wildman–Crippen MR) is 84.1 cm³/mol. The molecule has 0 aromatic carbocycles. The lowest BCUT2D eigenvalue weighted by atomic mass is 9.98. The summed E-state index contributed by atoms with van der Waals surface area (Å²) < 4.78 is 1.85. The highest BCUT2D eigenvalue weighted by Gasteiger charge is 2.15. The summed E-state index contributed by atoms with van der Waals surface area (Å²) in [6, 6.07) is 2.47. The van der Waals surface area contributed by atoms with E-state index < -0.39 is 0 Å². The molecule has 5 nitrogen and oxygen atoms in total. The van der Waals surface area contributed by atoms with Crippen LogP contribution in [-0.4, -0.2) is 26.5 Å². The summed E-state index contributed by atoms with van der Waals surface area (Å²) in [6.45, 7) is 7.23. The summed E-state index contributed by atoms with van der Waals surface area (Å²) in [4.78, 5) is 0. The van der Waals surface area contributed by atoms with Gasteiger partial charge in [0.25, 0.3) is 0 Å². The largest absolute Gasteiger partial charge is 0.310 e. The number of hydrogen-bond acceptors (Lipinski definition) is 4. The lowest BCUT2D eigenvalue weighted by molar-refractivity contribution is 0.494. The van der Waals surface area contributed by atoms with Crippen molar-refractivity contribution in [2.75, 3.05) is 6.54 Å². The molecule has 1 atom stereocenters. The molecule has 1 unspecified atom stereocenters. The topological polar surface area (TPSA) is 55.6 Å². The maximum Gasteiger partial charge on any atom is 0.0648 e. The molecule has 0 amide bonds. The molecule has 0 aliphatic carbocycles. The maximum atomic E-state index is 4.26. The van der Waals surface area contributed by atoms with E-state index in [0.717, 1.165) is 37.2 Å². The third kappa shape index (κ3) is 4.36. The van der Waals surface area contributed by atoms with Gasteiger partial charge in [-0.1, -0.05) is 6.92 Å². The summed E-state index contributed by atoms with van der Waals surface area (Å²) >= 11 is 0. The Labute approximate surface area is 126 Å². The van der Waals surface area contributed by atoms with Gasteiger partial charge in [-0.2, -0.15) is 15.3 Å². The smallest absolute Gasteiger partial charge is 0.0648 e. The molecule has 0 aliphatic heterocycles. The Morgan fingerprint density at radius 2 is 2.10 bits per heavy atom. The quantitative estimate of drug-likeness (QED) is 0.850. The molecule has 0 spiro atoms. The van der Waals surface area contributed by atoms with Gasteiger partial charge >= 0.3 is 0 Å². The van der Waals surface area contributed by atoms with Crippen molar-refractivity contribution in [2.24, 2.45) is 7.05 Å². The van der Waals surface area contributed by atoms with Gasteiger partial charge in [0.2, 0.25) is 0 Å². The van der Waals surface area contributed by atoms with Crippen molar-refractivity contribution in [1.29, 1.82) is 0 Å². The van der Waals surface area contributed by atoms with Crippen LogP contribution in [0, 0.1) is 13.8 Å². The zero-order valence-electron chi connectivity index (χ0n) is 13.4. The van der Waals surface area contributed by atoms with Crippen LogP contribution in [0.25, 0.3) is 0 Å². The molecule has 2 aromatic rings. The maximum absolute atomic E-state index is 4.26. The molecular weight excluding hydrogens is 262 g/mol. The van der Waals surface area contributed by atoms with Gasteiger partial charge in [0.1, 0.15) is 0 Å². The van der Waals surface area contributed by atoms with Crippen LogP contribution in [-0.2, 0) is 13.5 Å². The van der Waals surface area contributed by atoms with Gasteiger partial charge in [-0.25, -0.2) is 0 Å². The summed E-state index contributed by atoms with van der Waals surface area (Å²) in [6.07, 6.45) is 7.20. The highest BCUT2D eigenvalue weighted by atomic mass is 15.2. The minimum Gasteiger partial charge on any atom is -0.310 e. The summed E-state index contributed by atoms with van der Waals surface area (Å²) in [5.41, 5.74) is 4.53. The Balaban J connectivity index is 2.11. The Kier molecular flexibility index (Phi) is 5.44. The van der Waals surface area contributed by atoms with Crippen molar-refractivity contribution in [1.82, 2.24) is 25.3 Å². The second-order valence-corrected chi connectivity index (χ2v) is 5.59. The molecule has 0 bridgehead atoms. The van der Waals surface area contributed by atoms with E-state index in [-0.39, 0.29) is 0 Å². The first-order valence-corrected chi connectivity index (χ1v) is 7.62. The Morgan fingerprint density at radius 3 is 2.76 bits per heavy atom. The molecule has 0 fully saturated rings. The molecular formula is C16H25N5. The van der Waals surface area contributed by atoms with Crippen LogP contribution in [0.15, 0.2) is 18.5 Å². The van der Waals surface area contributed by atoms with Crippen molar-refractivity contribution in [3.63, 3.8) is 0 Å². The normalized spacial score (nSPS) is 12.6. The van der Waals surface area contributed by atoms with E-state index in [1.165, 1.54) is 11.1 Å². The second-order valence-electron chi connectivity index (χ2n) is 5.59. The number of aromatic nitrogens is 4. The van der Waals surface area contributed by atoms with Crippen LogP contribution in [0.1, 0.15) is 48.3 Å². The van der Waals surface area contributed by atoms with E-state index in [0.29, 0.717) is 6.04 Å². The van der Waals surface area contributed by atoms with Crippen molar-refractivity contribution in [3.8, 4) is 0 Å². The van der Waals surface area contributed by atoms with Gasteiger partial charge in [0, 0.05) is 19.3 Å². The van der Waals surface area contributed by atoms with Crippen LogP contribution in [0.5, 0.6) is 0 Å². The average Bonchev–Trinajstić information content (AvgIpc) is 2.88. The van der Waals surface area contributed by atoms with Gasteiger partial charge in [-0.15, -0.1) is 0 Å². The zero-order chi connectivity index (χ0) is 15.2. The lowest BCUT2D eigenvalue weighted by Gasteiger charge is -2.20. The first-order valence-electron chi connectivity index (χ1n) is 7.62. The molecule has 5 heteroatoms. The van der Waals surface area contributed by atoms with E-state index >= 15 is 0 Å². The molecule has 2 heterocycles. The first kappa shape index (κ1) is 15.6. The highest BCUT2D eigenvalue weighted by molar-refractivity contribution is 5.24. The number of nitrogens with zero attached hydrogens (tertiary/aromatic N) is 4. The van der Waals surface area contributed by atoms with Crippen LogP contribution >= 0.6 is 0 Å². The minimum atomic E-state index is 0.319. The molecule has 0 radical (unpaired) electrons. The summed E-state index contributed by atoms with van der Waals surface area (Å²) in [5, 5.41) is 16.3. The van der Waals surface area contributed by atoms with E-state index in [9.17, 15) is 0 Å². The van der Waals surface area contributed by atoms with Crippen LogP contribution in [0.2, 0.25) is 0 Å². The van der Waals surface area contributed by atoms with Crippen LogP contribution in [0.3, 0.4) is 0 Å². The Hall–Kier alpha value is -1.75. The second kappa shape index (κ2) is 7.31. The molecule has 114 valence electrons. The number of rotatable bonds is 7. The fraction of sp³-hybridized carbons (Fsp3) is 0.562. The number of nitrogens with one attached hydrogen (secondary N) is 1. The summed E-state index contributed by atoms with van der Waals surface area (Å²) in [5.74, 6) is 0. The molecule has 0 saturated carbocycles. The summed E-state index contributed by atoms with van der Waals surface area (Å²) in [7, 11) is 1.95. The molecule has 0 saturated heterocycles. The highest BCUT2D eigenvalue weighted by Crippen LogP contribution is 2.21. The standard InChI is InChI=1S/C16H25N5/c1-5-8-17-16(7-6-14-10-18-21(4)11-14)15-9-12(2)19-20-13(15)3/h9-11,16-17H,5-8H2,1-4H3. The van der Waals surface area contributed by atoms with Gasteiger partial charge < -0.3 is 5.32 Å². The van der Waals surface area contributed by atoms with E-state index in [4.69, 9.17) is 0 Å². The average molecular weight is 287 g/mol. The molecule has 2 rings (SSSR count). The number of aryl methyl sites for hydroxylation is 4. The van der Waals surface area contributed by atoms with Gasteiger partial charge in [0.05, 0.1) is 17.6 Å². The fourth-order valence-corrected chi connectivity index (χ4v) is 2.52. The van der Waals surface area contributed by atoms with Crippen LogP contribution < -0.4 is 5.32 Å². The molecule has 1 N–H and O–H groups in total. The van der Waals surface area contributed by atoms with Gasteiger partial charge in [-0.3, -0.25) is 4.68 Å². The van der Waals surface area contributed by atoms with E-state index in [1.807, 2.05) is 31.8 Å². The predicted octanol–water partition coefficient (Wildman–Crippen LogP) is 2.50. The molecule has 21 heavy (non-hydrogen) atoms. The van der Waals surface area contributed by atoms with E-state index in [2.05, 4.69) is 39.8 Å². The molecule has 2 aromatic heterocycles. The third-order valence-corrected chi connectivity index (χ3v) is 3.64. The van der Waals surface area contributed by atoms with Crippen molar-refractivity contribution >= 4 is 0 Å². The SMILES string of the molecule is CCCNC(CCc1cnn(C)c1)c1cc(C)nnc1C. The van der Waals surface area contributed by atoms with Gasteiger partial charge in [-0.05, 0) is 56.8 Å². The monoisotopic (exact) mass is 287 g/mol. The van der Waals surface area contributed by atoms with Crippen molar-refractivity contribution < 1.29 is 0 Å². The fourth-order valence-electron chi connectivity index (χ4n) is 2.52. The molecule has 0 aliphatic rings. The van der Waals surface area contributed by atoms with E-state index in [1.54, 1.807) is 0 Å². The lowest BCUT2D eigenvalue weighted by Crippen LogP contribution is -2.24. The third-order valence-electron chi connectivity index (χ3n) is 3.64. The Bertz CT molecular complexity index is 576. The van der Waals surface area contributed by atoms with Crippen molar-refractivity contribution in [2.45, 2.75) is 46.1 Å². The Morgan fingerprint density at radius 1 is 1.29 bits per heavy atom. The minimum absolute atomic E-state index is 0.319. The van der Waals surface area contributed by atoms with Crippen LogP contribution in [0.4, 0.5) is 0 Å². The number of hydrogen-bond donors (Lipinski definition) is 1. The zero-order valence-corrected chi connectivity index (χ0v) is 13.4. The van der Waals surface area contributed by atoms with Crippen molar-refractivity contribution in [3.05, 3.63) is 41.0 Å².